The first-order valence-corrected chi connectivity index (χ1v) is 5.56. The van der Waals surface area contributed by atoms with Crippen molar-refractivity contribution >= 4 is 5.97 Å². The Balaban J connectivity index is 2.28. The molecule has 1 aromatic carbocycles. The standard InChI is InChI=1S/C13H16O3/c1-8-3-6-11(13(14)15)12(9(8)2)16-7-10-4-5-10/h3,6,10H,4-5,7H2,1-2H3,(H,14,15). The third kappa shape index (κ3) is 2.18. The van der Waals surface area contributed by atoms with Crippen LogP contribution < -0.4 is 4.74 Å². The van der Waals surface area contributed by atoms with E-state index in [2.05, 4.69) is 0 Å². The van der Waals surface area contributed by atoms with Gasteiger partial charge in [0.05, 0.1) is 6.61 Å². The van der Waals surface area contributed by atoms with Crippen LogP contribution in [0.2, 0.25) is 0 Å². The highest BCUT2D eigenvalue weighted by atomic mass is 16.5. The second kappa shape index (κ2) is 4.16. The lowest BCUT2D eigenvalue weighted by Gasteiger charge is -2.13. The molecule has 1 aromatic rings. The monoisotopic (exact) mass is 220 g/mol. The molecule has 1 saturated carbocycles. The van der Waals surface area contributed by atoms with Gasteiger partial charge < -0.3 is 9.84 Å². The van der Waals surface area contributed by atoms with Crippen LogP contribution in [0, 0.1) is 19.8 Å². The van der Waals surface area contributed by atoms with Crippen molar-refractivity contribution in [3.8, 4) is 5.75 Å². The zero-order valence-corrected chi connectivity index (χ0v) is 9.62. The summed E-state index contributed by atoms with van der Waals surface area (Å²) < 4.78 is 5.65. The molecule has 86 valence electrons. The molecule has 0 bridgehead atoms. The highest BCUT2D eigenvalue weighted by molar-refractivity contribution is 5.91. The predicted octanol–water partition coefficient (Wildman–Crippen LogP) is 2.79. The molecule has 1 N–H and O–H groups in total. The van der Waals surface area contributed by atoms with Crippen molar-refractivity contribution in [2.45, 2.75) is 26.7 Å². The summed E-state index contributed by atoms with van der Waals surface area (Å²) in [6.07, 6.45) is 2.40. The molecular weight excluding hydrogens is 204 g/mol. The van der Waals surface area contributed by atoms with Crippen LogP contribution in [0.1, 0.15) is 34.3 Å². The number of rotatable bonds is 4. The maximum atomic E-state index is 11.1. The second-order valence-corrected chi connectivity index (χ2v) is 4.44. The molecule has 0 unspecified atom stereocenters. The van der Waals surface area contributed by atoms with Gasteiger partial charge in [0.25, 0.3) is 0 Å². The molecule has 1 aliphatic carbocycles. The van der Waals surface area contributed by atoms with Crippen LogP contribution in [0.3, 0.4) is 0 Å². The summed E-state index contributed by atoms with van der Waals surface area (Å²) in [5, 5.41) is 9.08. The Labute approximate surface area is 95.0 Å². The second-order valence-electron chi connectivity index (χ2n) is 4.44. The van der Waals surface area contributed by atoms with Gasteiger partial charge >= 0.3 is 5.97 Å². The van der Waals surface area contributed by atoms with Crippen molar-refractivity contribution in [3.63, 3.8) is 0 Å². The summed E-state index contributed by atoms with van der Waals surface area (Å²) in [5.74, 6) is 0.245. The van der Waals surface area contributed by atoms with Crippen LogP contribution >= 0.6 is 0 Å². The average molecular weight is 220 g/mol. The molecule has 2 rings (SSSR count). The zero-order chi connectivity index (χ0) is 11.7. The third-order valence-electron chi connectivity index (χ3n) is 3.07. The molecule has 3 heteroatoms. The third-order valence-corrected chi connectivity index (χ3v) is 3.07. The Hall–Kier alpha value is -1.51. The molecule has 0 radical (unpaired) electrons. The van der Waals surface area contributed by atoms with Gasteiger partial charge in [0.2, 0.25) is 0 Å². The quantitative estimate of drug-likeness (QED) is 0.848. The van der Waals surface area contributed by atoms with E-state index in [1.807, 2.05) is 19.9 Å². The Morgan fingerprint density at radius 3 is 2.69 bits per heavy atom. The van der Waals surface area contributed by atoms with Crippen LogP contribution in [0.4, 0.5) is 0 Å². The molecule has 16 heavy (non-hydrogen) atoms. The minimum atomic E-state index is -0.922. The van der Waals surface area contributed by atoms with Gasteiger partial charge in [-0.15, -0.1) is 0 Å². The smallest absolute Gasteiger partial charge is 0.339 e. The number of hydrogen-bond donors (Lipinski definition) is 1. The molecule has 1 aliphatic rings. The predicted molar refractivity (Wildman–Crippen MR) is 61.1 cm³/mol. The van der Waals surface area contributed by atoms with Crippen molar-refractivity contribution in [3.05, 3.63) is 28.8 Å². The zero-order valence-electron chi connectivity index (χ0n) is 9.62. The lowest BCUT2D eigenvalue weighted by Crippen LogP contribution is -2.07. The van der Waals surface area contributed by atoms with E-state index in [0.717, 1.165) is 11.1 Å². The summed E-state index contributed by atoms with van der Waals surface area (Å²) >= 11 is 0. The number of carboxylic acid groups (broad SMARTS) is 1. The molecule has 1 fully saturated rings. The van der Waals surface area contributed by atoms with Gasteiger partial charge in [0, 0.05) is 0 Å². The van der Waals surface area contributed by atoms with Gasteiger partial charge in [-0.05, 0) is 49.8 Å². The first-order valence-electron chi connectivity index (χ1n) is 5.56. The average Bonchev–Trinajstić information content (AvgIpc) is 3.03. The summed E-state index contributed by atoms with van der Waals surface area (Å²) in [6.45, 7) is 4.51. The van der Waals surface area contributed by atoms with Crippen LogP contribution in [-0.4, -0.2) is 17.7 Å². The van der Waals surface area contributed by atoms with Gasteiger partial charge in [-0.3, -0.25) is 0 Å². The van der Waals surface area contributed by atoms with Crippen molar-refractivity contribution in [2.24, 2.45) is 5.92 Å². The topological polar surface area (TPSA) is 46.5 Å². The molecule has 0 aliphatic heterocycles. The minimum absolute atomic E-state index is 0.267. The number of aryl methyl sites for hydroxylation is 1. The van der Waals surface area contributed by atoms with Gasteiger partial charge in [0.15, 0.2) is 0 Å². The SMILES string of the molecule is Cc1ccc(C(=O)O)c(OCC2CC2)c1C. The molecule has 0 spiro atoms. The van der Waals surface area contributed by atoms with E-state index < -0.39 is 5.97 Å². The Bertz CT molecular complexity index is 419. The largest absolute Gasteiger partial charge is 0.492 e. The summed E-state index contributed by atoms with van der Waals surface area (Å²) in [5.41, 5.74) is 2.26. The maximum Gasteiger partial charge on any atom is 0.339 e. The maximum absolute atomic E-state index is 11.1. The van der Waals surface area contributed by atoms with E-state index in [9.17, 15) is 4.79 Å². The fraction of sp³-hybridized carbons (Fsp3) is 0.462. The molecule has 3 nitrogen and oxygen atoms in total. The molecule has 0 heterocycles. The van der Waals surface area contributed by atoms with Crippen LogP contribution in [0.15, 0.2) is 12.1 Å². The lowest BCUT2D eigenvalue weighted by atomic mass is 10.0. The van der Waals surface area contributed by atoms with Crippen LogP contribution in [-0.2, 0) is 0 Å². The number of benzene rings is 1. The van der Waals surface area contributed by atoms with Gasteiger partial charge in [-0.25, -0.2) is 4.79 Å². The van der Waals surface area contributed by atoms with E-state index >= 15 is 0 Å². The van der Waals surface area contributed by atoms with Crippen molar-refractivity contribution in [1.82, 2.24) is 0 Å². The van der Waals surface area contributed by atoms with E-state index in [0.29, 0.717) is 18.3 Å². The molecule has 0 atom stereocenters. The van der Waals surface area contributed by atoms with E-state index in [4.69, 9.17) is 9.84 Å². The molecule has 0 aromatic heterocycles. The van der Waals surface area contributed by atoms with Crippen molar-refractivity contribution in [2.75, 3.05) is 6.61 Å². The number of aromatic carboxylic acids is 1. The van der Waals surface area contributed by atoms with E-state index in [1.54, 1.807) is 6.07 Å². The van der Waals surface area contributed by atoms with Gasteiger partial charge in [-0.2, -0.15) is 0 Å². The summed E-state index contributed by atoms with van der Waals surface area (Å²) in [6, 6.07) is 3.44. The fourth-order valence-corrected chi connectivity index (χ4v) is 1.63. The van der Waals surface area contributed by atoms with E-state index in [-0.39, 0.29) is 5.56 Å². The van der Waals surface area contributed by atoms with Gasteiger partial charge in [-0.1, -0.05) is 6.07 Å². The summed E-state index contributed by atoms with van der Waals surface area (Å²) in [4.78, 5) is 11.1. The molecule has 0 saturated heterocycles. The molecule has 0 amide bonds. The minimum Gasteiger partial charge on any atom is -0.492 e. The van der Waals surface area contributed by atoms with Gasteiger partial charge in [0.1, 0.15) is 11.3 Å². The highest BCUT2D eigenvalue weighted by Crippen LogP contribution is 2.32. The Morgan fingerprint density at radius 2 is 2.12 bits per heavy atom. The summed E-state index contributed by atoms with van der Waals surface area (Å²) in [7, 11) is 0. The van der Waals surface area contributed by atoms with E-state index in [1.165, 1.54) is 12.8 Å². The molecular formula is C13H16O3. The Kier molecular flexibility index (Phi) is 2.86. The first kappa shape index (κ1) is 11.0. The van der Waals surface area contributed by atoms with Crippen LogP contribution in [0.5, 0.6) is 5.75 Å². The highest BCUT2D eigenvalue weighted by Gasteiger charge is 2.24. The Morgan fingerprint density at radius 1 is 1.44 bits per heavy atom. The number of carbonyl (C=O) groups is 1. The number of hydrogen-bond acceptors (Lipinski definition) is 2. The van der Waals surface area contributed by atoms with Crippen molar-refractivity contribution in [1.29, 1.82) is 0 Å². The number of ether oxygens (including phenoxy) is 1. The normalized spacial score (nSPS) is 14.9. The van der Waals surface area contributed by atoms with Crippen LogP contribution in [0.25, 0.3) is 0 Å². The fourth-order valence-electron chi connectivity index (χ4n) is 1.63. The van der Waals surface area contributed by atoms with Crippen molar-refractivity contribution < 1.29 is 14.6 Å². The number of carboxylic acids is 1. The lowest BCUT2D eigenvalue weighted by molar-refractivity contribution is 0.0691. The first-order chi connectivity index (χ1) is 7.59.